The number of aromatic nitrogens is 2. The molecular weight excluding hydrogens is 186 g/mol. The Morgan fingerprint density at radius 1 is 1.50 bits per heavy atom. The minimum Gasteiger partial charge on any atom is -0.476 e. The zero-order valence-corrected chi connectivity index (χ0v) is 7.27. The molecule has 1 aromatic heterocycles. The molecule has 0 fully saturated rings. The molecule has 1 aromatic rings. The minimum atomic E-state index is -1.18. The third-order valence-electron chi connectivity index (χ3n) is 2.23. The Morgan fingerprint density at radius 2 is 2.21 bits per heavy atom. The average Bonchev–Trinajstić information content (AvgIpc) is 2.46. The number of hydrogen-bond acceptors (Lipinski definition) is 5. The van der Waals surface area contributed by atoms with Crippen molar-refractivity contribution in [2.24, 2.45) is 0 Å². The summed E-state index contributed by atoms with van der Waals surface area (Å²) in [7, 11) is 0. The van der Waals surface area contributed by atoms with Crippen LogP contribution >= 0.6 is 0 Å². The molecule has 0 spiro atoms. The summed E-state index contributed by atoms with van der Waals surface area (Å²) in [5.41, 5.74) is 6.02. The van der Waals surface area contributed by atoms with Crippen LogP contribution in [0.15, 0.2) is 0 Å². The lowest BCUT2D eigenvalue weighted by atomic mass is 10.1. The molecule has 0 saturated heterocycles. The molecule has 0 aliphatic heterocycles. The first-order valence-electron chi connectivity index (χ1n) is 4.17. The highest BCUT2D eigenvalue weighted by Crippen LogP contribution is 2.32. The zero-order valence-electron chi connectivity index (χ0n) is 7.27. The lowest BCUT2D eigenvalue weighted by molar-refractivity contribution is 0.0682. The summed E-state index contributed by atoms with van der Waals surface area (Å²) in [6, 6.07) is 0. The first kappa shape index (κ1) is 8.89. The van der Waals surface area contributed by atoms with Crippen molar-refractivity contribution in [1.29, 1.82) is 0 Å². The van der Waals surface area contributed by atoms with E-state index in [-0.39, 0.29) is 11.6 Å². The molecule has 0 bridgehead atoms. The number of nitrogen functional groups attached to an aromatic ring is 1. The van der Waals surface area contributed by atoms with Crippen molar-refractivity contribution in [3.63, 3.8) is 0 Å². The topological polar surface area (TPSA) is 109 Å². The van der Waals surface area contributed by atoms with E-state index in [1.807, 2.05) is 0 Å². The molecule has 0 saturated carbocycles. The molecule has 6 nitrogen and oxygen atoms in total. The number of nitrogens with two attached hydrogens (primary N) is 1. The van der Waals surface area contributed by atoms with Crippen molar-refractivity contribution in [1.82, 2.24) is 9.97 Å². The number of rotatable bonds is 1. The van der Waals surface area contributed by atoms with Gasteiger partial charge in [-0.2, -0.15) is 0 Å². The zero-order chi connectivity index (χ0) is 10.3. The Hall–Kier alpha value is -1.69. The number of aliphatic hydroxyl groups excluding tert-OH is 1. The Morgan fingerprint density at radius 3 is 2.86 bits per heavy atom. The fraction of sp³-hybridized carbons (Fsp3) is 0.375. The molecule has 4 N–H and O–H groups in total. The Balaban J connectivity index is 2.65. The van der Waals surface area contributed by atoms with Gasteiger partial charge < -0.3 is 15.9 Å². The summed E-state index contributed by atoms with van der Waals surface area (Å²) in [5.74, 6) is -1.24. The Kier molecular flexibility index (Phi) is 1.85. The summed E-state index contributed by atoms with van der Waals surface area (Å²) < 4.78 is 0. The number of carboxylic acid groups (broad SMARTS) is 1. The standard InChI is InChI=1S/C8H9N3O3/c9-8-10-3-1-2-4(12)5(3)6(11-8)7(13)14/h4,12H,1-2H2,(H,13,14)(H2,9,10,11). The van der Waals surface area contributed by atoms with Crippen molar-refractivity contribution in [2.75, 3.05) is 5.73 Å². The van der Waals surface area contributed by atoms with Crippen molar-refractivity contribution < 1.29 is 15.0 Å². The van der Waals surface area contributed by atoms with Crippen molar-refractivity contribution in [3.8, 4) is 0 Å². The predicted octanol–water partition coefficient (Wildman–Crippen LogP) is -0.263. The summed E-state index contributed by atoms with van der Waals surface area (Å²) in [5, 5.41) is 18.4. The van der Waals surface area contributed by atoms with Crippen LogP contribution in [-0.2, 0) is 6.42 Å². The van der Waals surface area contributed by atoms with E-state index >= 15 is 0 Å². The number of fused-ring (bicyclic) bond motifs is 1. The van der Waals surface area contributed by atoms with Crippen LogP contribution in [0.5, 0.6) is 0 Å². The van der Waals surface area contributed by atoms with Crippen LogP contribution in [0.3, 0.4) is 0 Å². The monoisotopic (exact) mass is 195 g/mol. The van der Waals surface area contributed by atoms with E-state index in [2.05, 4.69) is 9.97 Å². The highest BCUT2D eigenvalue weighted by molar-refractivity contribution is 5.88. The third-order valence-corrected chi connectivity index (χ3v) is 2.23. The second-order valence-electron chi connectivity index (χ2n) is 3.15. The second kappa shape index (κ2) is 2.91. The Labute approximate surface area is 79.4 Å². The smallest absolute Gasteiger partial charge is 0.355 e. The summed E-state index contributed by atoms with van der Waals surface area (Å²) in [6.07, 6.45) is 0.244. The predicted molar refractivity (Wildman–Crippen MR) is 46.7 cm³/mol. The number of nitrogens with zero attached hydrogens (tertiary/aromatic N) is 2. The van der Waals surface area contributed by atoms with Gasteiger partial charge in [0.1, 0.15) is 0 Å². The van der Waals surface area contributed by atoms with Gasteiger partial charge in [-0.25, -0.2) is 14.8 Å². The van der Waals surface area contributed by atoms with Gasteiger partial charge in [-0.05, 0) is 12.8 Å². The SMILES string of the molecule is Nc1nc2c(c(C(=O)O)n1)C(O)CC2. The molecule has 1 unspecified atom stereocenters. The van der Waals surface area contributed by atoms with Crippen molar-refractivity contribution >= 4 is 11.9 Å². The van der Waals surface area contributed by atoms with Gasteiger partial charge in [0.05, 0.1) is 11.8 Å². The van der Waals surface area contributed by atoms with Gasteiger partial charge >= 0.3 is 5.97 Å². The average molecular weight is 195 g/mol. The molecule has 1 atom stereocenters. The maximum absolute atomic E-state index is 10.8. The number of anilines is 1. The summed E-state index contributed by atoms with van der Waals surface area (Å²) in [6.45, 7) is 0. The molecule has 2 rings (SSSR count). The largest absolute Gasteiger partial charge is 0.476 e. The van der Waals surface area contributed by atoms with Gasteiger partial charge in [0, 0.05) is 5.56 Å². The Bertz CT molecular complexity index is 405. The first-order valence-corrected chi connectivity index (χ1v) is 4.17. The molecule has 1 heterocycles. The van der Waals surface area contributed by atoms with E-state index in [9.17, 15) is 9.90 Å². The van der Waals surface area contributed by atoms with Gasteiger partial charge in [0.15, 0.2) is 5.69 Å². The minimum absolute atomic E-state index is 0.0600. The number of carboxylic acids is 1. The fourth-order valence-corrected chi connectivity index (χ4v) is 1.66. The quantitative estimate of drug-likeness (QED) is 0.569. The fourth-order valence-electron chi connectivity index (χ4n) is 1.66. The van der Waals surface area contributed by atoms with E-state index < -0.39 is 12.1 Å². The number of hydrogen-bond donors (Lipinski definition) is 3. The van der Waals surface area contributed by atoms with Crippen LogP contribution in [0.2, 0.25) is 0 Å². The van der Waals surface area contributed by atoms with Crippen LogP contribution < -0.4 is 5.73 Å². The van der Waals surface area contributed by atoms with E-state index in [0.29, 0.717) is 24.1 Å². The van der Waals surface area contributed by atoms with E-state index in [1.165, 1.54) is 0 Å². The lowest BCUT2D eigenvalue weighted by Gasteiger charge is -2.06. The summed E-state index contributed by atoms with van der Waals surface area (Å²) in [4.78, 5) is 18.3. The van der Waals surface area contributed by atoms with E-state index in [0.717, 1.165) is 0 Å². The molecule has 1 aliphatic carbocycles. The molecular formula is C8H9N3O3. The molecule has 0 radical (unpaired) electrons. The van der Waals surface area contributed by atoms with Crippen molar-refractivity contribution in [3.05, 3.63) is 17.0 Å². The lowest BCUT2D eigenvalue weighted by Crippen LogP contribution is -2.12. The molecule has 74 valence electrons. The van der Waals surface area contributed by atoms with Crippen LogP contribution in [0.1, 0.15) is 34.3 Å². The first-order chi connectivity index (χ1) is 6.59. The van der Waals surface area contributed by atoms with Crippen LogP contribution in [0, 0.1) is 0 Å². The van der Waals surface area contributed by atoms with E-state index in [4.69, 9.17) is 10.8 Å². The molecule has 6 heteroatoms. The molecule has 0 aromatic carbocycles. The second-order valence-corrected chi connectivity index (χ2v) is 3.15. The van der Waals surface area contributed by atoms with Crippen LogP contribution in [0.25, 0.3) is 0 Å². The molecule has 1 aliphatic rings. The number of aliphatic hydroxyl groups is 1. The van der Waals surface area contributed by atoms with Gasteiger partial charge in [0.2, 0.25) is 5.95 Å². The van der Waals surface area contributed by atoms with Crippen molar-refractivity contribution in [2.45, 2.75) is 18.9 Å². The van der Waals surface area contributed by atoms with Crippen LogP contribution in [-0.4, -0.2) is 26.2 Å². The maximum atomic E-state index is 10.8. The highest BCUT2D eigenvalue weighted by Gasteiger charge is 2.29. The third kappa shape index (κ3) is 1.20. The number of aromatic carboxylic acids is 1. The van der Waals surface area contributed by atoms with E-state index in [1.54, 1.807) is 0 Å². The number of aryl methyl sites for hydroxylation is 1. The van der Waals surface area contributed by atoms with Gasteiger partial charge in [-0.15, -0.1) is 0 Å². The van der Waals surface area contributed by atoms with Crippen LogP contribution in [0.4, 0.5) is 5.95 Å². The summed E-state index contributed by atoms with van der Waals surface area (Å²) >= 11 is 0. The maximum Gasteiger partial charge on any atom is 0.355 e. The number of carbonyl (C=O) groups is 1. The normalized spacial score (nSPS) is 19.4. The molecule has 14 heavy (non-hydrogen) atoms. The van der Waals surface area contributed by atoms with Gasteiger partial charge in [-0.3, -0.25) is 0 Å². The molecule has 0 amide bonds. The van der Waals surface area contributed by atoms with Gasteiger partial charge in [-0.1, -0.05) is 0 Å². The highest BCUT2D eigenvalue weighted by atomic mass is 16.4. The van der Waals surface area contributed by atoms with Gasteiger partial charge in [0.25, 0.3) is 0 Å².